The van der Waals surface area contributed by atoms with Crippen LogP contribution in [0.1, 0.15) is 30.2 Å². The minimum Gasteiger partial charge on any atom is -0.507 e. The van der Waals surface area contributed by atoms with Gasteiger partial charge in [0.2, 0.25) is 0 Å². The number of phenols is 1. The van der Waals surface area contributed by atoms with Gasteiger partial charge in [0.05, 0.1) is 0 Å². The maximum absolute atomic E-state index is 9.86. The third-order valence-corrected chi connectivity index (χ3v) is 3.29. The molecule has 4 nitrogen and oxygen atoms in total. The molecule has 2 rings (SSSR count). The Labute approximate surface area is 119 Å². The van der Waals surface area contributed by atoms with E-state index >= 15 is 0 Å². The van der Waals surface area contributed by atoms with Crippen molar-refractivity contribution in [2.75, 3.05) is 12.4 Å². The molecule has 20 heavy (non-hydrogen) atoms. The second-order valence-electron chi connectivity index (χ2n) is 5.03. The minimum absolute atomic E-state index is 0.340. The van der Waals surface area contributed by atoms with Crippen LogP contribution in [0.2, 0.25) is 0 Å². The van der Waals surface area contributed by atoms with Gasteiger partial charge in [0.1, 0.15) is 11.6 Å². The third-order valence-electron chi connectivity index (χ3n) is 3.29. The van der Waals surface area contributed by atoms with Crippen LogP contribution < -0.4 is 5.32 Å². The number of phenolic OH excluding ortho intramolecular Hbond substituents is 1. The zero-order chi connectivity index (χ0) is 14.7. The van der Waals surface area contributed by atoms with Crippen LogP contribution in [0, 0.1) is 13.8 Å². The standard InChI is InChI=1S/C16H21N3O/c1-5-6-13-9-14(17-4)19-16(18-13)12-7-10(2)15(20)11(3)8-12/h7-9,20H,5-6H2,1-4H3,(H,17,18,19). The first-order valence-corrected chi connectivity index (χ1v) is 6.91. The molecule has 4 heteroatoms. The fourth-order valence-corrected chi connectivity index (χ4v) is 2.22. The van der Waals surface area contributed by atoms with Gasteiger partial charge in [-0.15, -0.1) is 0 Å². The molecule has 0 atom stereocenters. The average Bonchev–Trinajstić information content (AvgIpc) is 2.44. The van der Waals surface area contributed by atoms with Crippen LogP contribution >= 0.6 is 0 Å². The number of nitrogens with one attached hydrogen (secondary N) is 1. The lowest BCUT2D eigenvalue weighted by Crippen LogP contribution is -2.01. The molecular weight excluding hydrogens is 250 g/mol. The fraction of sp³-hybridized carbons (Fsp3) is 0.375. The Hall–Kier alpha value is -2.10. The second-order valence-corrected chi connectivity index (χ2v) is 5.03. The van der Waals surface area contributed by atoms with Crippen LogP contribution in [0.4, 0.5) is 5.82 Å². The summed E-state index contributed by atoms with van der Waals surface area (Å²) in [7, 11) is 1.86. The molecule has 0 radical (unpaired) electrons. The number of aryl methyl sites for hydroxylation is 3. The van der Waals surface area contributed by atoms with Crippen LogP contribution in [-0.4, -0.2) is 22.1 Å². The molecule has 0 bridgehead atoms. The average molecular weight is 271 g/mol. The zero-order valence-corrected chi connectivity index (χ0v) is 12.5. The third kappa shape index (κ3) is 2.90. The minimum atomic E-state index is 0.340. The van der Waals surface area contributed by atoms with Crippen molar-refractivity contribution in [2.45, 2.75) is 33.6 Å². The normalized spacial score (nSPS) is 10.6. The second kappa shape index (κ2) is 5.90. The highest BCUT2D eigenvalue weighted by Gasteiger charge is 2.10. The molecule has 0 aliphatic heterocycles. The molecule has 0 amide bonds. The van der Waals surface area contributed by atoms with Crippen LogP contribution in [0.25, 0.3) is 11.4 Å². The maximum Gasteiger partial charge on any atom is 0.161 e. The van der Waals surface area contributed by atoms with E-state index in [0.29, 0.717) is 11.6 Å². The van der Waals surface area contributed by atoms with Crippen LogP contribution in [0.5, 0.6) is 5.75 Å². The van der Waals surface area contributed by atoms with E-state index in [1.165, 1.54) is 0 Å². The SMILES string of the molecule is CCCc1cc(NC)nc(-c2cc(C)c(O)c(C)c2)n1. The number of aromatic nitrogens is 2. The quantitative estimate of drug-likeness (QED) is 0.894. The van der Waals surface area contributed by atoms with Crippen LogP contribution in [-0.2, 0) is 6.42 Å². The van der Waals surface area contributed by atoms with Crippen molar-refractivity contribution < 1.29 is 5.11 Å². The summed E-state index contributed by atoms with van der Waals surface area (Å²) >= 11 is 0. The predicted molar refractivity (Wildman–Crippen MR) is 82.1 cm³/mol. The van der Waals surface area contributed by atoms with Gasteiger partial charge >= 0.3 is 0 Å². The van der Waals surface area contributed by atoms with Crippen molar-refractivity contribution in [1.82, 2.24) is 9.97 Å². The van der Waals surface area contributed by atoms with Gasteiger partial charge in [0.25, 0.3) is 0 Å². The summed E-state index contributed by atoms with van der Waals surface area (Å²) in [6.07, 6.45) is 1.98. The van der Waals surface area contributed by atoms with Crippen molar-refractivity contribution >= 4 is 5.82 Å². The number of benzene rings is 1. The van der Waals surface area contributed by atoms with Gasteiger partial charge in [-0.2, -0.15) is 0 Å². The molecule has 0 saturated heterocycles. The van der Waals surface area contributed by atoms with Gasteiger partial charge in [-0.3, -0.25) is 0 Å². The lowest BCUT2D eigenvalue weighted by atomic mass is 10.1. The molecular formula is C16H21N3O. The summed E-state index contributed by atoms with van der Waals surface area (Å²) in [6, 6.07) is 5.83. The maximum atomic E-state index is 9.86. The summed E-state index contributed by atoms with van der Waals surface area (Å²) in [5.41, 5.74) is 3.66. The lowest BCUT2D eigenvalue weighted by Gasteiger charge is -2.10. The Kier molecular flexibility index (Phi) is 4.23. The molecule has 0 aliphatic carbocycles. The van der Waals surface area contributed by atoms with Crippen molar-refractivity contribution in [3.05, 3.63) is 35.0 Å². The fourth-order valence-electron chi connectivity index (χ4n) is 2.22. The highest BCUT2D eigenvalue weighted by Crippen LogP contribution is 2.28. The van der Waals surface area contributed by atoms with Gasteiger partial charge in [0, 0.05) is 24.4 Å². The molecule has 106 valence electrons. The van der Waals surface area contributed by atoms with Crippen molar-refractivity contribution in [1.29, 1.82) is 0 Å². The summed E-state index contributed by atoms with van der Waals surface area (Å²) in [4.78, 5) is 9.13. The number of hydrogen-bond donors (Lipinski definition) is 2. The zero-order valence-electron chi connectivity index (χ0n) is 12.5. The predicted octanol–water partition coefficient (Wildman–Crippen LogP) is 3.46. The topological polar surface area (TPSA) is 58.0 Å². The van der Waals surface area contributed by atoms with Crippen LogP contribution in [0.15, 0.2) is 18.2 Å². The first kappa shape index (κ1) is 14.3. The number of nitrogens with zero attached hydrogens (tertiary/aromatic N) is 2. The monoisotopic (exact) mass is 271 g/mol. The molecule has 0 aliphatic rings. The van der Waals surface area contributed by atoms with Gasteiger partial charge in [-0.1, -0.05) is 13.3 Å². The highest BCUT2D eigenvalue weighted by molar-refractivity contribution is 5.62. The molecule has 0 spiro atoms. The van der Waals surface area contributed by atoms with E-state index in [1.807, 2.05) is 39.1 Å². The van der Waals surface area contributed by atoms with Gasteiger partial charge in [-0.05, 0) is 43.5 Å². The highest BCUT2D eigenvalue weighted by atomic mass is 16.3. The molecule has 0 saturated carbocycles. The number of rotatable bonds is 4. The van der Waals surface area contributed by atoms with Crippen molar-refractivity contribution in [3.63, 3.8) is 0 Å². The molecule has 1 heterocycles. The first-order valence-electron chi connectivity index (χ1n) is 6.91. The molecule has 1 aromatic heterocycles. The van der Waals surface area contributed by atoms with Gasteiger partial charge in [0.15, 0.2) is 5.82 Å². The van der Waals surface area contributed by atoms with E-state index in [4.69, 9.17) is 0 Å². The Morgan fingerprint density at radius 3 is 2.30 bits per heavy atom. The molecule has 2 N–H and O–H groups in total. The Balaban J connectivity index is 2.53. The molecule has 1 aromatic carbocycles. The Morgan fingerprint density at radius 2 is 1.75 bits per heavy atom. The summed E-state index contributed by atoms with van der Waals surface area (Å²) in [6.45, 7) is 5.91. The molecule has 0 unspecified atom stereocenters. The number of anilines is 1. The Morgan fingerprint density at radius 1 is 1.10 bits per heavy atom. The first-order chi connectivity index (χ1) is 9.55. The Bertz CT molecular complexity index is 600. The number of aromatic hydroxyl groups is 1. The van der Waals surface area contributed by atoms with E-state index in [9.17, 15) is 5.11 Å². The summed E-state index contributed by atoms with van der Waals surface area (Å²) < 4.78 is 0. The van der Waals surface area contributed by atoms with E-state index < -0.39 is 0 Å². The van der Waals surface area contributed by atoms with Gasteiger partial charge < -0.3 is 10.4 Å². The van der Waals surface area contributed by atoms with Crippen molar-refractivity contribution in [3.8, 4) is 17.1 Å². The largest absolute Gasteiger partial charge is 0.507 e. The molecule has 2 aromatic rings. The van der Waals surface area contributed by atoms with Crippen LogP contribution in [0.3, 0.4) is 0 Å². The van der Waals surface area contributed by atoms with E-state index in [2.05, 4.69) is 22.2 Å². The number of hydrogen-bond acceptors (Lipinski definition) is 4. The van der Waals surface area contributed by atoms with Crippen molar-refractivity contribution in [2.24, 2.45) is 0 Å². The van der Waals surface area contributed by atoms with Gasteiger partial charge in [-0.25, -0.2) is 9.97 Å². The van der Waals surface area contributed by atoms with E-state index in [-0.39, 0.29) is 0 Å². The summed E-state index contributed by atoms with van der Waals surface area (Å²) in [5, 5.41) is 12.9. The molecule has 0 fully saturated rings. The van der Waals surface area contributed by atoms with E-state index in [1.54, 1.807) is 0 Å². The summed E-state index contributed by atoms with van der Waals surface area (Å²) in [5.74, 6) is 1.86. The smallest absolute Gasteiger partial charge is 0.161 e. The lowest BCUT2D eigenvalue weighted by molar-refractivity contribution is 0.467. The van der Waals surface area contributed by atoms with E-state index in [0.717, 1.165) is 41.0 Å².